The zero-order valence-electron chi connectivity index (χ0n) is 6.30. The molecule has 60 valence electrons. The van der Waals surface area contributed by atoms with Crippen LogP contribution >= 0.6 is 22.6 Å². The average molecular weight is 264 g/mol. The molecule has 0 aliphatic heterocycles. The normalized spacial score (nSPS) is 15.9. The standard InChI is InChI=1S/C9H10FI/c1-7(11)9(10)8-5-3-2-4-6-8/h2-7,9H,1H3. The number of alkyl halides is 2. The fraction of sp³-hybridized carbons (Fsp3) is 0.333. The molecule has 11 heavy (non-hydrogen) atoms. The Morgan fingerprint density at radius 1 is 1.27 bits per heavy atom. The largest absolute Gasteiger partial charge is 0.241 e. The Labute approximate surface area is 80.0 Å². The van der Waals surface area contributed by atoms with Crippen LogP contribution in [0.1, 0.15) is 18.7 Å². The Morgan fingerprint density at radius 3 is 2.27 bits per heavy atom. The van der Waals surface area contributed by atoms with Gasteiger partial charge in [-0.05, 0) is 5.56 Å². The molecule has 0 amide bonds. The number of halogens is 2. The Hall–Kier alpha value is -0.120. The van der Waals surface area contributed by atoms with Gasteiger partial charge < -0.3 is 0 Å². The maximum absolute atomic E-state index is 13.3. The van der Waals surface area contributed by atoms with E-state index < -0.39 is 6.17 Å². The van der Waals surface area contributed by atoms with Crippen LogP contribution in [-0.2, 0) is 0 Å². The first-order valence-corrected chi connectivity index (χ1v) is 4.79. The molecule has 0 fully saturated rings. The molecule has 1 rings (SSSR count). The molecule has 0 nitrogen and oxygen atoms in total. The van der Waals surface area contributed by atoms with E-state index in [0.29, 0.717) is 0 Å². The maximum Gasteiger partial charge on any atom is 0.137 e. The highest BCUT2D eigenvalue weighted by Gasteiger charge is 2.13. The Balaban J connectivity index is 2.77. The minimum Gasteiger partial charge on any atom is -0.241 e. The van der Waals surface area contributed by atoms with Crippen molar-refractivity contribution in [2.45, 2.75) is 17.0 Å². The average Bonchev–Trinajstić information content (AvgIpc) is 2.05. The summed E-state index contributed by atoms with van der Waals surface area (Å²) in [6.45, 7) is 1.87. The van der Waals surface area contributed by atoms with Crippen LogP contribution in [0.15, 0.2) is 30.3 Å². The van der Waals surface area contributed by atoms with Gasteiger partial charge in [0.2, 0.25) is 0 Å². The van der Waals surface area contributed by atoms with Gasteiger partial charge in [0.25, 0.3) is 0 Å². The first-order valence-electron chi connectivity index (χ1n) is 3.55. The van der Waals surface area contributed by atoms with Crippen molar-refractivity contribution >= 4 is 22.6 Å². The van der Waals surface area contributed by atoms with Crippen molar-refractivity contribution in [1.82, 2.24) is 0 Å². The van der Waals surface area contributed by atoms with Gasteiger partial charge in [0.15, 0.2) is 0 Å². The summed E-state index contributed by atoms with van der Waals surface area (Å²) in [7, 11) is 0. The molecule has 2 heteroatoms. The van der Waals surface area contributed by atoms with Crippen LogP contribution in [0.2, 0.25) is 0 Å². The fourth-order valence-corrected chi connectivity index (χ4v) is 1.32. The van der Waals surface area contributed by atoms with Crippen LogP contribution in [0.5, 0.6) is 0 Å². The van der Waals surface area contributed by atoms with Gasteiger partial charge in [-0.2, -0.15) is 0 Å². The number of benzene rings is 1. The van der Waals surface area contributed by atoms with Crippen molar-refractivity contribution in [3.05, 3.63) is 35.9 Å². The van der Waals surface area contributed by atoms with Gasteiger partial charge >= 0.3 is 0 Å². The second kappa shape index (κ2) is 4.04. The Kier molecular flexibility index (Phi) is 3.30. The molecule has 0 saturated carbocycles. The first kappa shape index (κ1) is 8.97. The van der Waals surface area contributed by atoms with Gasteiger partial charge in [-0.25, -0.2) is 4.39 Å². The second-order valence-corrected chi connectivity index (χ2v) is 4.45. The molecular formula is C9H10FI. The van der Waals surface area contributed by atoms with Gasteiger partial charge in [0.1, 0.15) is 6.17 Å². The van der Waals surface area contributed by atoms with Crippen LogP contribution in [-0.4, -0.2) is 3.92 Å². The van der Waals surface area contributed by atoms with Crippen LogP contribution in [0.4, 0.5) is 4.39 Å². The van der Waals surface area contributed by atoms with Crippen molar-refractivity contribution in [2.24, 2.45) is 0 Å². The number of hydrogen-bond acceptors (Lipinski definition) is 0. The smallest absolute Gasteiger partial charge is 0.137 e. The maximum atomic E-state index is 13.3. The lowest BCUT2D eigenvalue weighted by Gasteiger charge is -2.09. The third-order valence-electron chi connectivity index (χ3n) is 1.52. The van der Waals surface area contributed by atoms with E-state index in [-0.39, 0.29) is 3.92 Å². The molecule has 0 radical (unpaired) electrons. The molecule has 2 unspecified atom stereocenters. The van der Waals surface area contributed by atoms with Gasteiger partial charge in [-0.3, -0.25) is 0 Å². The van der Waals surface area contributed by atoms with E-state index >= 15 is 0 Å². The summed E-state index contributed by atoms with van der Waals surface area (Å²) in [6, 6.07) is 9.26. The lowest BCUT2D eigenvalue weighted by molar-refractivity contribution is 0.349. The molecule has 0 bridgehead atoms. The van der Waals surface area contributed by atoms with E-state index in [1.807, 2.05) is 37.3 Å². The van der Waals surface area contributed by atoms with Crippen LogP contribution in [0, 0.1) is 0 Å². The first-order chi connectivity index (χ1) is 5.22. The predicted molar refractivity (Wildman–Crippen MR) is 53.8 cm³/mol. The molecule has 0 N–H and O–H groups in total. The summed E-state index contributed by atoms with van der Waals surface area (Å²) < 4.78 is 13.3. The fourth-order valence-electron chi connectivity index (χ4n) is 0.902. The summed E-state index contributed by atoms with van der Waals surface area (Å²) in [4.78, 5) is 0. The van der Waals surface area contributed by atoms with Crippen molar-refractivity contribution in [3.63, 3.8) is 0 Å². The lowest BCUT2D eigenvalue weighted by Crippen LogP contribution is -2.01. The van der Waals surface area contributed by atoms with Crippen LogP contribution in [0.3, 0.4) is 0 Å². The van der Waals surface area contributed by atoms with Crippen molar-refractivity contribution in [1.29, 1.82) is 0 Å². The quantitative estimate of drug-likeness (QED) is 0.566. The van der Waals surface area contributed by atoms with Gasteiger partial charge in [0.05, 0.1) is 0 Å². The minimum absolute atomic E-state index is 0.0370. The highest BCUT2D eigenvalue weighted by atomic mass is 127. The summed E-state index contributed by atoms with van der Waals surface area (Å²) >= 11 is 2.10. The van der Waals surface area contributed by atoms with Gasteiger partial charge in [-0.15, -0.1) is 0 Å². The topological polar surface area (TPSA) is 0 Å². The lowest BCUT2D eigenvalue weighted by atomic mass is 10.1. The molecular weight excluding hydrogens is 254 g/mol. The van der Waals surface area contributed by atoms with Gasteiger partial charge in [-0.1, -0.05) is 59.8 Å². The molecule has 0 aliphatic carbocycles. The monoisotopic (exact) mass is 264 g/mol. The second-order valence-electron chi connectivity index (χ2n) is 2.49. The van der Waals surface area contributed by atoms with Crippen molar-refractivity contribution in [2.75, 3.05) is 0 Å². The molecule has 0 heterocycles. The minimum atomic E-state index is -0.836. The summed E-state index contributed by atoms with van der Waals surface area (Å²) in [5.74, 6) is 0. The molecule has 2 atom stereocenters. The summed E-state index contributed by atoms with van der Waals surface area (Å²) in [5, 5.41) is 0. The molecule has 0 aromatic heterocycles. The highest BCUT2D eigenvalue weighted by Crippen LogP contribution is 2.25. The van der Waals surface area contributed by atoms with Crippen LogP contribution < -0.4 is 0 Å². The van der Waals surface area contributed by atoms with E-state index in [0.717, 1.165) is 5.56 Å². The third kappa shape index (κ3) is 2.43. The molecule has 0 spiro atoms. The van der Waals surface area contributed by atoms with Crippen LogP contribution in [0.25, 0.3) is 0 Å². The van der Waals surface area contributed by atoms with Crippen molar-refractivity contribution < 1.29 is 4.39 Å². The van der Waals surface area contributed by atoms with E-state index in [1.54, 1.807) is 0 Å². The van der Waals surface area contributed by atoms with E-state index in [4.69, 9.17) is 0 Å². The molecule has 1 aromatic rings. The molecule has 1 aromatic carbocycles. The summed E-state index contributed by atoms with van der Waals surface area (Å²) in [6.07, 6.45) is -0.836. The zero-order chi connectivity index (χ0) is 8.27. The number of rotatable bonds is 2. The SMILES string of the molecule is CC(I)C(F)c1ccccc1. The molecule has 0 saturated heterocycles. The van der Waals surface area contributed by atoms with E-state index in [1.165, 1.54) is 0 Å². The van der Waals surface area contributed by atoms with E-state index in [9.17, 15) is 4.39 Å². The molecule has 0 aliphatic rings. The highest BCUT2D eigenvalue weighted by molar-refractivity contribution is 14.1. The Bertz CT molecular complexity index is 208. The predicted octanol–water partition coefficient (Wildman–Crippen LogP) is 3.52. The summed E-state index contributed by atoms with van der Waals surface area (Å²) in [5.41, 5.74) is 0.773. The number of hydrogen-bond donors (Lipinski definition) is 0. The van der Waals surface area contributed by atoms with Crippen molar-refractivity contribution in [3.8, 4) is 0 Å². The Morgan fingerprint density at radius 2 is 1.82 bits per heavy atom. The van der Waals surface area contributed by atoms with Gasteiger partial charge in [0, 0.05) is 3.92 Å². The third-order valence-corrected chi connectivity index (χ3v) is 2.15. The zero-order valence-corrected chi connectivity index (χ0v) is 8.45. The van der Waals surface area contributed by atoms with E-state index in [2.05, 4.69) is 22.6 Å².